The fourth-order valence-electron chi connectivity index (χ4n) is 2.09. The van der Waals surface area contributed by atoms with E-state index >= 15 is 0 Å². The maximum Gasteiger partial charge on any atom is 0.253 e. The molecule has 2 aromatic rings. The molecule has 0 fully saturated rings. The van der Waals surface area contributed by atoms with Gasteiger partial charge in [-0.15, -0.1) is 0 Å². The van der Waals surface area contributed by atoms with Gasteiger partial charge >= 0.3 is 0 Å². The highest BCUT2D eigenvalue weighted by atomic mass is 35.5. The number of furan rings is 1. The molecule has 0 unspecified atom stereocenters. The highest BCUT2D eigenvalue weighted by Crippen LogP contribution is 2.14. The zero-order valence-corrected chi connectivity index (χ0v) is 14.7. The molecule has 0 saturated carbocycles. The first-order valence-corrected chi connectivity index (χ1v) is 8.39. The lowest BCUT2D eigenvalue weighted by Crippen LogP contribution is -2.45. The Kier molecular flexibility index (Phi) is 7.50. The smallest absolute Gasteiger partial charge is 0.253 e. The zero-order chi connectivity index (χ0) is 18.1. The van der Waals surface area contributed by atoms with Gasteiger partial charge in [0.2, 0.25) is 5.91 Å². The van der Waals surface area contributed by atoms with Crippen molar-refractivity contribution in [3.05, 3.63) is 59.0 Å². The van der Waals surface area contributed by atoms with Gasteiger partial charge in [0, 0.05) is 13.2 Å². The molecule has 1 aromatic heterocycles. The number of hydrogen-bond donors (Lipinski definition) is 2. The molecule has 0 saturated heterocycles. The highest BCUT2D eigenvalue weighted by molar-refractivity contribution is 6.33. The van der Waals surface area contributed by atoms with Crippen LogP contribution in [0.3, 0.4) is 0 Å². The van der Waals surface area contributed by atoms with Gasteiger partial charge in [-0.2, -0.15) is 0 Å². The molecule has 1 heterocycles. The maximum atomic E-state index is 12.1. The van der Waals surface area contributed by atoms with E-state index in [0.717, 1.165) is 5.76 Å². The summed E-state index contributed by atoms with van der Waals surface area (Å²) in [6.45, 7) is 2.99. The van der Waals surface area contributed by atoms with Gasteiger partial charge in [-0.3, -0.25) is 9.59 Å². The van der Waals surface area contributed by atoms with E-state index in [4.69, 9.17) is 20.8 Å². The Bertz CT molecular complexity index is 688. The third-order valence-electron chi connectivity index (χ3n) is 3.45. The number of carbonyl (C=O) groups is 2. The predicted octanol–water partition coefficient (Wildman–Crippen LogP) is 2.77. The molecule has 25 heavy (non-hydrogen) atoms. The minimum absolute atomic E-state index is 0.258. The van der Waals surface area contributed by atoms with Crippen molar-refractivity contribution < 1.29 is 18.7 Å². The lowest BCUT2D eigenvalue weighted by molar-refractivity contribution is -0.122. The molecule has 2 amide bonds. The van der Waals surface area contributed by atoms with Gasteiger partial charge in [-0.1, -0.05) is 23.7 Å². The van der Waals surface area contributed by atoms with Gasteiger partial charge in [0.15, 0.2) is 0 Å². The van der Waals surface area contributed by atoms with Crippen LogP contribution in [0.1, 0.15) is 29.5 Å². The molecular weight excluding hydrogens is 344 g/mol. The van der Waals surface area contributed by atoms with Gasteiger partial charge in [0.1, 0.15) is 18.4 Å². The maximum absolute atomic E-state index is 12.1. The van der Waals surface area contributed by atoms with E-state index < -0.39 is 6.04 Å². The highest BCUT2D eigenvalue weighted by Gasteiger charge is 2.17. The first-order chi connectivity index (χ1) is 12.1. The lowest BCUT2D eigenvalue weighted by Gasteiger charge is -2.14. The molecule has 0 aliphatic carbocycles. The number of carbonyl (C=O) groups excluding carboxylic acids is 2. The van der Waals surface area contributed by atoms with Crippen molar-refractivity contribution in [3.63, 3.8) is 0 Å². The van der Waals surface area contributed by atoms with Gasteiger partial charge in [0.25, 0.3) is 5.91 Å². The van der Waals surface area contributed by atoms with Crippen LogP contribution >= 0.6 is 11.6 Å². The molecule has 0 spiro atoms. The SMILES string of the molecule is C[C@H](NC(=O)c1ccccc1Cl)C(=O)NCCCOCc1ccco1. The predicted molar refractivity (Wildman–Crippen MR) is 94.4 cm³/mol. The van der Waals surface area contributed by atoms with Crippen LogP contribution in [-0.2, 0) is 16.1 Å². The third kappa shape index (κ3) is 6.25. The minimum Gasteiger partial charge on any atom is -0.467 e. The Labute approximate surface area is 151 Å². The van der Waals surface area contributed by atoms with Crippen molar-refractivity contribution in [2.45, 2.75) is 26.0 Å². The van der Waals surface area contributed by atoms with Crippen molar-refractivity contribution in [2.24, 2.45) is 0 Å². The van der Waals surface area contributed by atoms with Gasteiger partial charge in [-0.05, 0) is 37.6 Å². The van der Waals surface area contributed by atoms with E-state index in [2.05, 4.69) is 10.6 Å². The van der Waals surface area contributed by atoms with Crippen LogP contribution in [0.15, 0.2) is 47.1 Å². The van der Waals surface area contributed by atoms with Crippen LogP contribution < -0.4 is 10.6 Å². The molecule has 1 aromatic carbocycles. The molecule has 0 aliphatic heterocycles. The average molecular weight is 365 g/mol. The lowest BCUT2D eigenvalue weighted by atomic mass is 10.2. The first kappa shape index (κ1) is 19.0. The molecule has 1 atom stereocenters. The summed E-state index contributed by atoms with van der Waals surface area (Å²) in [5.74, 6) is 0.126. The second kappa shape index (κ2) is 9.86. The van der Waals surface area contributed by atoms with Gasteiger partial charge in [-0.25, -0.2) is 0 Å². The molecule has 7 heteroatoms. The van der Waals surface area contributed by atoms with Crippen molar-refractivity contribution in [1.29, 1.82) is 0 Å². The topological polar surface area (TPSA) is 80.6 Å². The average Bonchev–Trinajstić information content (AvgIpc) is 3.11. The summed E-state index contributed by atoms with van der Waals surface area (Å²) in [5, 5.41) is 5.73. The summed E-state index contributed by atoms with van der Waals surface area (Å²) in [6, 6.07) is 9.68. The van der Waals surface area contributed by atoms with E-state index in [0.29, 0.717) is 36.8 Å². The molecule has 2 rings (SSSR count). The summed E-state index contributed by atoms with van der Waals surface area (Å²) in [7, 11) is 0. The largest absolute Gasteiger partial charge is 0.467 e. The molecule has 134 valence electrons. The van der Waals surface area contributed by atoms with E-state index in [1.54, 1.807) is 43.5 Å². The summed E-state index contributed by atoms with van der Waals surface area (Å²) < 4.78 is 10.6. The first-order valence-electron chi connectivity index (χ1n) is 8.01. The number of nitrogens with one attached hydrogen (secondary N) is 2. The number of hydrogen-bond acceptors (Lipinski definition) is 4. The Balaban J connectivity index is 1.63. The van der Waals surface area contributed by atoms with Crippen LogP contribution in [0.4, 0.5) is 0 Å². The Morgan fingerprint density at radius 1 is 1.24 bits per heavy atom. The number of amides is 2. The fraction of sp³-hybridized carbons (Fsp3) is 0.333. The summed E-state index contributed by atoms with van der Waals surface area (Å²) in [6.07, 6.45) is 2.26. The molecule has 0 bridgehead atoms. The molecule has 2 N–H and O–H groups in total. The quantitative estimate of drug-likeness (QED) is 0.670. The van der Waals surface area contributed by atoms with Crippen molar-refractivity contribution in [2.75, 3.05) is 13.2 Å². The third-order valence-corrected chi connectivity index (χ3v) is 3.78. The number of halogens is 1. The second-order valence-corrected chi connectivity index (χ2v) is 5.86. The van der Waals surface area contributed by atoms with Crippen molar-refractivity contribution in [1.82, 2.24) is 10.6 Å². The van der Waals surface area contributed by atoms with Gasteiger partial charge in [0.05, 0.1) is 16.8 Å². The monoisotopic (exact) mass is 364 g/mol. The molecule has 6 nitrogen and oxygen atoms in total. The summed E-state index contributed by atoms with van der Waals surface area (Å²) in [5.41, 5.74) is 0.343. The van der Waals surface area contributed by atoms with Crippen molar-refractivity contribution >= 4 is 23.4 Å². The molecule has 0 radical (unpaired) electrons. The minimum atomic E-state index is -0.659. The Morgan fingerprint density at radius 2 is 2.04 bits per heavy atom. The van der Waals surface area contributed by atoms with Gasteiger partial charge < -0.3 is 19.8 Å². The van der Waals surface area contributed by atoms with Crippen LogP contribution in [0.2, 0.25) is 5.02 Å². The van der Waals surface area contributed by atoms with Crippen LogP contribution in [0.25, 0.3) is 0 Å². The van der Waals surface area contributed by atoms with Crippen LogP contribution in [0, 0.1) is 0 Å². The number of ether oxygens (including phenoxy) is 1. The molecule has 0 aliphatic rings. The van der Waals surface area contributed by atoms with E-state index in [9.17, 15) is 9.59 Å². The number of benzene rings is 1. The Hall–Kier alpha value is -2.31. The fourth-order valence-corrected chi connectivity index (χ4v) is 2.31. The normalized spacial score (nSPS) is 11.8. The van der Waals surface area contributed by atoms with E-state index in [1.165, 1.54) is 0 Å². The second-order valence-electron chi connectivity index (χ2n) is 5.45. The van der Waals surface area contributed by atoms with E-state index in [1.807, 2.05) is 6.07 Å². The van der Waals surface area contributed by atoms with E-state index in [-0.39, 0.29) is 11.8 Å². The zero-order valence-electron chi connectivity index (χ0n) is 14.0. The number of rotatable bonds is 9. The standard InChI is InChI=1S/C18H21ClN2O4/c1-13(21-18(23)15-7-2-3-8-16(15)19)17(22)20-9-5-10-24-12-14-6-4-11-25-14/h2-4,6-8,11,13H,5,9-10,12H2,1H3,(H,20,22)(H,21,23)/t13-/m0/s1. The van der Waals surface area contributed by atoms with Crippen molar-refractivity contribution in [3.8, 4) is 0 Å². The summed E-state index contributed by atoms with van der Waals surface area (Å²) >= 11 is 5.97. The Morgan fingerprint density at radius 3 is 2.76 bits per heavy atom. The van der Waals surface area contributed by atoms with Crippen LogP contribution in [0.5, 0.6) is 0 Å². The summed E-state index contributed by atoms with van der Waals surface area (Å²) in [4.78, 5) is 24.1. The van der Waals surface area contributed by atoms with Crippen LogP contribution in [-0.4, -0.2) is 31.0 Å². The molecular formula is C18H21ClN2O4.